The largest absolute Gasteiger partial charge is 0.358 e. The molecule has 0 saturated carbocycles. The number of rotatable bonds is 6. The molecule has 32 heavy (non-hydrogen) atoms. The van der Waals surface area contributed by atoms with E-state index < -0.39 is 0 Å². The van der Waals surface area contributed by atoms with Crippen LogP contribution in [0.4, 0.5) is 11.8 Å². The average Bonchev–Trinajstić information content (AvgIpc) is 2.79. The first-order valence-electron chi connectivity index (χ1n) is 10.5. The second-order valence-electron chi connectivity index (χ2n) is 7.49. The summed E-state index contributed by atoms with van der Waals surface area (Å²) in [5.41, 5.74) is 1.08. The fourth-order valence-corrected chi connectivity index (χ4v) is 4.47. The number of nitrogens with zero attached hydrogens (tertiary/aromatic N) is 5. The van der Waals surface area contributed by atoms with Crippen LogP contribution in [-0.4, -0.2) is 37.6 Å². The molecule has 0 bridgehead atoms. The van der Waals surface area contributed by atoms with E-state index in [0.717, 1.165) is 35.8 Å². The first kappa shape index (κ1) is 22.7. The second-order valence-corrected chi connectivity index (χ2v) is 9.33. The number of hydrogen-bond acceptors (Lipinski definition) is 7. The minimum Gasteiger partial charge on any atom is -0.358 e. The van der Waals surface area contributed by atoms with E-state index in [9.17, 15) is 0 Å². The van der Waals surface area contributed by atoms with Crippen molar-refractivity contribution < 1.29 is 0 Å². The summed E-state index contributed by atoms with van der Waals surface area (Å²) in [6, 6.07) is 11.9. The number of anilines is 2. The Morgan fingerprint density at radius 1 is 1.19 bits per heavy atom. The molecule has 10 heteroatoms. The van der Waals surface area contributed by atoms with Crippen LogP contribution in [-0.2, 0) is 6.54 Å². The summed E-state index contributed by atoms with van der Waals surface area (Å²) < 4.78 is 0. The van der Waals surface area contributed by atoms with Gasteiger partial charge in [0.1, 0.15) is 10.8 Å². The fraction of sp³-hybridized carbons (Fsp3) is 0.318. The van der Waals surface area contributed by atoms with Crippen LogP contribution in [0.2, 0.25) is 5.02 Å². The van der Waals surface area contributed by atoms with Crippen molar-refractivity contribution in [1.82, 2.24) is 25.3 Å². The smallest absolute Gasteiger partial charge is 0.232 e. The summed E-state index contributed by atoms with van der Waals surface area (Å²) in [6.45, 7) is 3.79. The molecular formula is C22H24ClN7S2. The summed E-state index contributed by atoms with van der Waals surface area (Å²) in [7, 11) is 0. The molecule has 7 nitrogen and oxygen atoms in total. The van der Waals surface area contributed by atoms with Gasteiger partial charge in [-0.1, -0.05) is 23.7 Å². The van der Waals surface area contributed by atoms with E-state index in [2.05, 4.69) is 37.4 Å². The average molecular weight is 486 g/mol. The van der Waals surface area contributed by atoms with Crippen molar-refractivity contribution in [2.45, 2.75) is 49.0 Å². The van der Waals surface area contributed by atoms with Crippen molar-refractivity contribution in [3.05, 3.63) is 59.4 Å². The van der Waals surface area contributed by atoms with E-state index in [1.807, 2.05) is 30.3 Å². The lowest BCUT2D eigenvalue weighted by atomic mass is 10.0. The predicted molar refractivity (Wildman–Crippen MR) is 133 cm³/mol. The second kappa shape index (κ2) is 10.9. The number of benzene rings is 1. The van der Waals surface area contributed by atoms with Gasteiger partial charge in [-0.05, 0) is 73.9 Å². The van der Waals surface area contributed by atoms with Gasteiger partial charge in [0.25, 0.3) is 0 Å². The highest BCUT2D eigenvalue weighted by Crippen LogP contribution is 2.29. The van der Waals surface area contributed by atoms with E-state index >= 15 is 0 Å². The first-order valence-corrected chi connectivity index (χ1v) is 12.1. The molecule has 1 aliphatic rings. The van der Waals surface area contributed by atoms with Gasteiger partial charge in [-0.3, -0.25) is 0 Å². The third-order valence-corrected chi connectivity index (χ3v) is 6.43. The number of aromatic nitrogens is 4. The lowest BCUT2D eigenvalue weighted by Gasteiger charge is -2.34. The molecule has 3 heterocycles. The molecule has 0 spiro atoms. The molecule has 2 aromatic heterocycles. The quantitative estimate of drug-likeness (QED) is 0.287. The zero-order valence-electron chi connectivity index (χ0n) is 17.7. The maximum atomic E-state index is 5.95. The van der Waals surface area contributed by atoms with Crippen molar-refractivity contribution in [3.63, 3.8) is 0 Å². The highest BCUT2D eigenvalue weighted by Gasteiger charge is 2.21. The molecule has 1 saturated heterocycles. The molecule has 1 aromatic carbocycles. The van der Waals surface area contributed by atoms with Crippen LogP contribution in [0.3, 0.4) is 0 Å². The minimum absolute atomic E-state index is 0.423. The highest BCUT2D eigenvalue weighted by atomic mass is 35.5. The SMILES string of the molecule is C[C@@H]1CCCCN1c1cc(Sc2ncccn2)nc(NC(=S)NCc2ccc(Cl)cc2)n1. The Morgan fingerprint density at radius 2 is 1.97 bits per heavy atom. The molecule has 0 aliphatic carbocycles. The predicted octanol–water partition coefficient (Wildman–Crippen LogP) is 4.94. The first-order chi connectivity index (χ1) is 15.6. The van der Waals surface area contributed by atoms with Crippen molar-refractivity contribution >= 4 is 52.5 Å². The number of hydrogen-bond donors (Lipinski definition) is 2. The van der Waals surface area contributed by atoms with Gasteiger partial charge in [-0.15, -0.1) is 0 Å². The standard InChI is InChI=1S/C22H24ClN7S2/c1-15-5-2-3-12-30(15)18-13-19(32-22-24-10-4-11-25-22)28-20(27-18)29-21(31)26-14-16-6-8-17(23)9-7-16/h4,6-11,13,15H,2-3,5,12,14H2,1H3,(H2,26,27,28,29,31)/t15-/m1/s1. The van der Waals surface area contributed by atoms with Crippen molar-refractivity contribution in [2.24, 2.45) is 0 Å². The van der Waals surface area contributed by atoms with Crippen molar-refractivity contribution in [2.75, 3.05) is 16.8 Å². The van der Waals surface area contributed by atoms with Crippen LogP contribution < -0.4 is 15.5 Å². The third kappa shape index (κ3) is 6.27. The lowest BCUT2D eigenvalue weighted by Crippen LogP contribution is -2.38. The molecule has 0 radical (unpaired) electrons. The van der Waals surface area contributed by atoms with Crippen LogP contribution in [0.25, 0.3) is 0 Å². The molecule has 0 amide bonds. The molecule has 1 atom stereocenters. The Morgan fingerprint density at radius 3 is 2.72 bits per heavy atom. The third-order valence-electron chi connectivity index (χ3n) is 5.12. The maximum absolute atomic E-state index is 5.95. The summed E-state index contributed by atoms with van der Waals surface area (Å²) in [6.07, 6.45) is 6.99. The fourth-order valence-electron chi connectivity index (χ4n) is 3.47. The highest BCUT2D eigenvalue weighted by molar-refractivity contribution is 7.99. The summed E-state index contributed by atoms with van der Waals surface area (Å²) in [5, 5.41) is 8.90. The zero-order chi connectivity index (χ0) is 22.3. The molecule has 1 aliphatic heterocycles. The van der Waals surface area contributed by atoms with Crippen LogP contribution in [0.5, 0.6) is 0 Å². The monoisotopic (exact) mass is 485 g/mol. The summed E-state index contributed by atoms with van der Waals surface area (Å²) in [5.74, 6) is 1.33. The Labute approximate surface area is 202 Å². The Balaban J connectivity index is 1.51. The van der Waals surface area contributed by atoms with Crippen LogP contribution >= 0.6 is 35.6 Å². The van der Waals surface area contributed by atoms with Crippen molar-refractivity contribution in [1.29, 1.82) is 0 Å². The topological polar surface area (TPSA) is 78.9 Å². The minimum atomic E-state index is 0.423. The Bertz CT molecular complexity index is 1050. The van der Waals surface area contributed by atoms with E-state index in [1.54, 1.807) is 18.5 Å². The van der Waals surface area contributed by atoms with E-state index in [1.165, 1.54) is 18.2 Å². The molecule has 3 aromatic rings. The molecular weight excluding hydrogens is 462 g/mol. The summed E-state index contributed by atoms with van der Waals surface area (Å²) >= 11 is 12.8. The van der Waals surface area contributed by atoms with Gasteiger partial charge in [0.15, 0.2) is 10.3 Å². The van der Waals surface area contributed by atoms with Gasteiger partial charge in [0, 0.05) is 42.6 Å². The molecule has 166 valence electrons. The molecule has 0 unspecified atom stereocenters. The van der Waals surface area contributed by atoms with Gasteiger partial charge >= 0.3 is 0 Å². The Hall–Kier alpha value is -2.49. The summed E-state index contributed by atoms with van der Waals surface area (Å²) in [4.78, 5) is 20.3. The van der Waals surface area contributed by atoms with Gasteiger partial charge < -0.3 is 15.5 Å². The lowest BCUT2D eigenvalue weighted by molar-refractivity contribution is 0.480. The van der Waals surface area contributed by atoms with Crippen molar-refractivity contribution in [3.8, 4) is 0 Å². The van der Waals surface area contributed by atoms with E-state index in [-0.39, 0.29) is 0 Å². The van der Waals surface area contributed by atoms with Gasteiger partial charge in [-0.2, -0.15) is 4.98 Å². The van der Waals surface area contributed by atoms with Gasteiger partial charge in [0.2, 0.25) is 5.95 Å². The van der Waals surface area contributed by atoms with Crippen LogP contribution in [0.15, 0.2) is 59.0 Å². The zero-order valence-corrected chi connectivity index (χ0v) is 20.1. The molecule has 2 N–H and O–H groups in total. The molecule has 4 rings (SSSR count). The normalized spacial score (nSPS) is 15.9. The van der Waals surface area contributed by atoms with Gasteiger partial charge in [-0.25, -0.2) is 15.0 Å². The van der Waals surface area contributed by atoms with E-state index in [0.29, 0.717) is 33.8 Å². The Kier molecular flexibility index (Phi) is 7.72. The number of piperidine rings is 1. The van der Waals surface area contributed by atoms with E-state index in [4.69, 9.17) is 28.8 Å². The van der Waals surface area contributed by atoms with Crippen LogP contribution in [0, 0.1) is 0 Å². The number of halogens is 1. The maximum Gasteiger partial charge on any atom is 0.232 e. The number of nitrogens with one attached hydrogen (secondary N) is 2. The molecule has 1 fully saturated rings. The van der Waals surface area contributed by atoms with Crippen LogP contribution in [0.1, 0.15) is 31.7 Å². The van der Waals surface area contributed by atoms with Gasteiger partial charge in [0.05, 0.1) is 0 Å². The number of thiocarbonyl (C=S) groups is 1.